The minimum absolute atomic E-state index is 0.0509. The molecule has 0 atom stereocenters. The van der Waals surface area contributed by atoms with Crippen molar-refractivity contribution in [3.63, 3.8) is 0 Å². The number of carbonyl (C=O) groups is 1. The maximum absolute atomic E-state index is 10.7. The Morgan fingerprint density at radius 1 is 1.82 bits per heavy atom. The summed E-state index contributed by atoms with van der Waals surface area (Å²) >= 11 is 5.74. The maximum Gasteiger partial charge on any atom is 0.151 e. The molecule has 4 heteroatoms. The summed E-state index contributed by atoms with van der Waals surface area (Å²) in [6.45, 7) is 3.60. The highest BCUT2D eigenvalue weighted by atomic mass is 35.5. The first-order valence-corrected chi connectivity index (χ1v) is 3.67. The van der Waals surface area contributed by atoms with Crippen LogP contribution < -0.4 is 0 Å². The molecule has 0 radical (unpaired) electrons. The molecule has 0 saturated heterocycles. The van der Waals surface area contributed by atoms with Crippen molar-refractivity contribution >= 4 is 17.4 Å². The molecule has 0 unspecified atom stereocenters. The number of aromatic nitrogens is 2. The number of Topliss-reactive ketones (excluding diaryl/α,β-unsaturated/α-hetero) is 1. The molecule has 0 amide bonds. The van der Waals surface area contributed by atoms with E-state index in [4.69, 9.17) is 11.6 Å². The number of halogens is 1. The second-order valence-electron chi connectivity index (χ2n) is 2.47. The Balaban J connectivity index is 2.85. The van der Waals surface area contributed by atoms with Crippen molar-refractivity contribution in [2.24, 2.45) is 0 Å². The lowest BCUT2D eigenvalue weighted by Gasteiger charge is -1.96. The van der Waals surface area contributed by atoms with E-state index in [2.05, 4.69) is 5.10 Å². The van der Waals surface area contributed by atoms with Gasteiger partial charge in [0.2, 0.25) is 0 Å². The smallest absolute Gasteiger partial charge is 0.151 e. The largest absolute Gasteiger partial charge is 0.298 e. The molecule has 0 aliphatic carbocycles. The fourth-order valence-electron chi connectivity index (χ4n) is 0.836. The van der Waals surface area contributed by atoms with Gasteiger partial charge in [0.05, 0.1) is 5.69 Å². The van der Waals surface area contributed by atoms with E-state index in [1.807, 2.05) is 6.92 Å². The standard InChI is InChI=1S/C7H9ClN2O/c1-5-3-7(8)10(9-5)4-6(2)11/h3H,4H2,1-2H3. The summed E-state index contributed by atoms with van der Waals surface area (Å²) in [6, 6.07) is 1.73. The first kappa shape index (κ1) is 8.27. The van der Waals surface area contributed by atoms with Crippen LogP contribution in [0.25, 0.3) is 0 Å². The van der Waals surface area contributed by atoms with Gasteiger partial charge >= 0.3 is 0 Å². The van der Waals surface area contributed by atoms with Crippen LogP contribution in [0.3, 0.4) is 0 Å². The first-order chi connectivity index (χ1) is 5.09. The lowest BCUT2D eigenvalue weighted by molar-refractivity contribution is -0.117. The highest BCUT2D eigenvalue weighted by molar-refractivity contribution is 6.29. The van der Waals surface area contributed by atoms with Gasteiger partial charge in [0.15, 0.2) is 5.78 Å². The van der Waals surface area contributed by atoms with Gasteiger partial charge in [-0.25, -0.2) is 4.68 Å². The SMILES string of the molecule is CC(=O)Cn1nc(C)cc1Cl. The number of hydrogen-bond donors (Lipinski definition) is 0. The Kier molecular flexibility index (Phi) is 2.29. The van der Waals surface area contributed by atoms with Crippen molar-refractivity contribution in [2.75, 3.05) is 0 Å². The minimum atomic E-state index is 0.0509. The topological polar surface area (TPSA) is 34.9 Å². The van der Waals surface area contributed by atoms with Gasteiger partial charge in [-0.1, -0.05) is 11.6 Å². The van der Waals surface area contributed by atoms with Crippen LogP contribution in [0, 0.1) is 6.92 Å². The molecule has 0 aromatic carbocycles. The summed E-state index contributed by atoms with van der Waals surface area (Å²) in [7, 11) is 0. The zero-order valence-electron chi connectivity index (χ0n) is 6.47. The van der Waals surface area contributed by atoms with Crippen LogP contribution in [0.2, 0.25) is 5.15 Å². The molecule has 11 heavy (non-hydrogen) atoms. The van der Waals surface area contributed by atoms with E-state index in [0.717, 1.165) is 5.69 Å². The third-order valence-electron chi connectivity index (χ3n) is 1.23. The molecule has 1 heterocycles. The van der Waals surface area contributed by atoms with Gasteiger partial charge in [-0.15, -0.1) is 0 Å². The molecule has 1 aromatic rings. The van der Waals surface area contributed by atoms with E-state index in [9.17, 15) is 4.79 Å². The van der Waals surface area contributed by atoms with Crippen molar-refractivity contribution in [2.45, 2.75) is 20.4 Å². The van der Waals surface area contributed by atoms with Crippen LogP contribution in [-0.2, 0) is 11.3 Å². The van der Waals surface area contributed by atoms with E-state index in [1.54, 1.807) is 6.07 Å². The fraction of sp³-hybridized carbons (Fsp3) is 0.429. The van der Waals surface area contributed by atoms with Crippen molar-refractivity contribution in [1.82, 2.24) is 9.78 Å². The quantitative estimate of drug-likeness (QED) is 0.677. The molecule has 1 aromatic heterocycles. The second-order valence-corrected chi connectivity index (χ2v) is 2.86. The van der Waals surface area contributed by atoms with Crippen molar-refractivity contribution in [3.05, 3.63) is 16.9 Å². The summed E-state index contributed by atoms with van der Waals surface area (Å²) in [4.78, 5) is 10.7. The van der Waals surface area contributed by atoms with E-state index >= 15 is 0 Å². The summed E-state index contributed by atoms with van der Waals surface area (Å²) in [6.07, 6.45) is 0. The Morgan fingerprint density at radius 3 is 2.82 bits per heavy atom. The van der Waals surface area contributed by atoms with Crippen LogP contribution in [0.15, 0.2) is 6.07 Å². The summed E-state index contributed by atoms with van der Waals surface area (Å²) in [5.74, 6) is 0.0509. The van der Waals surface area contributed by atoms with E-state index < -0.39 is 0 Å². The van der Waals surface area contributed by atoms with Gasteiger partial charge in [0.25, 0.3) is 0 Å². The summed E-state index contributed by atoms with van der Waals surface area (Å²) < 4.78 is 1.49. The number of hydrogen-bond acceptors (Lipinski definition) is 2. The van der Waals surface area contributed by atoms with Crippen LogP contribution >= 0.6 is 11.6 Å². The number of ketones is 1. The predicted octanol–water partition coefficient (Wildman–Crippen LogP) is 1.43. The number of rotatable bonds is 2. The number of nitrogens with zero attached hydrogens (tertiary/aromatic N) is 2. The van der Waals surface area contributed by atoms with Crippen LogP contribution in [-0.4, -0.2) is 15.6 Å². The van der Waals surface area contributed by atoms with Crippen molar-refractivity contribution in [3.8, 4) is 0 Å². The van der Waals surface area contributed by atoms with Crippen LogP contribution in [0.4, 0.5) is 0 Å². The number of aryl methyl sites for hydroxylation is 1. The molecular weight excluding hydrogens is 164 g/mol. The fourth-order valence-corrected chi connectivity index (χ4v) is 1.09. The van der Waals surface area contributed by atoms with E-state index in [-0.39, 0.29) is 12.3 Å². The molecule has 60 valence electrons. The lowest BCUT2D eigenvalue weighted by atomic mass is 10.4. The highest BCUT2D eigenvalue weighted by Gasteiger charge is 2.03. The van der Waals surface area contributed by atoms with Gasteiger partial charge in [-0.05, 0) is 19.9 Å². The second kappa shape index (κ2) is 3.05. The predicted molar refractivity (Wildman–Crippen MR) is 42.7 cm³/mol. The van der Waals surface area contributed by atoms with Crippen molar-refractivity contribution in [1.29, 1.82) is 0 Å². The average molecular weight is 173 g/mol. The molecule has 0 saturated carbocycles. The third kappa shape index (κ3) is 2.05. The Morgan fingerprint density at radius 2 is 2.45 bits per heavy atom. The summed E-state index contributed by atoms with van der Waals surface area (Å²) in [5, 5.41) is 4.53. The molecular formula is C7H9ClN2O. The Bertz CT molecular complexity index is 280. The summed E-state index contributed by atoms with van der Waals surface area (Å²) in [5.41, 5.74) is 0.830. The maximum atomic E-state index is 10.7. The Hall–Kier alpha value is -0.830. The zero-order valence-corrected chi connectivity index (χ0v) is 7.22. The van der Waals surface area contributed by atoms with Gasteiger partial charge in [0.1, 0.15) is 11.7 Å². The molecule has 0 fully saturated rings. The lowest BCUT2D eigenvalue weighted by Crippen LogP contribution is -2.07. The van der Waals surface area contributed by atoms with Gasteiger partial charge in [-0.3, -0.25) is 4.79 Å². The molecule has 3 nitrogen and oxygen atoms in total. The zero-order chi connectivity index (χ0) is 8.43. The van der Waals surface area contributed by atoms with E-state index in [1.165, 1.54) is 11.6 Å². The monoisotopic (exact) mass is 172 g/mol. The minimum Gasteiger partial charge on any atom is -0.298 e. The van der Waals surface area contributed by atoms with Gasteiger partial charge in [-0.2, -0.15) is 5.10 Å². The molecule has 0 bridgehead atoms. The number of carbonyl (C=O) groups excluding carboxylic acids is 1. The van der Waals surface area contributed by atoms with Crippen LogP contribution in [0.1, 0.15) is 12.6 Å². The molecule has 1 rings (SSSR count). The average Bonchev–Trinajstić information content (AvgIpc) is 2.09. The molecule has 0 aliphatic heterocycles. The highest BCUT2D eigenvalue weighted by Crippen LogP contribution is 2.09. The first-order valence-electron chi connectivity index (χ1n) is 3.29. The van der Waals surface area contributed by atoms with E-state index in [0.29, 0.717) is 5.15 Å². The van der Waals surface area contributed by atoms with Gasteiger partial charge < -0.3 is 0 Å². The molecule has 0 N–H and O–H groups in total. The van der Waals surface area contributed by atoms with Crippen LogP contribution in [0.5, 0.6) is 0 Å². The van der Waals surface area contributed by atoms with Gasteiger partial charge in [0, 0.05) is 0 Å². The third-order valence-corrected chi connectivity index (χ3v) is 1.53. The normalized spacial score (nSPS) is 10.1. The molecule has 0 spiro atoms. The Labute approximate surface area is 70.0 Å². The van der Waals surface area contributed by atoms with Crippen molar-refractivity contribution < 1.29 is 4.79 Å². The molecule has 0 aliphatic rings.